The van der Waals surface area contributed by atoms with Gasteiger partial charge in [0.05, 0.1) is 27.8 Å². The van der Waals surface area contributed by atoms with Gasteiger partial charge in [-0.15, -0.1) is 0 Å². The van der Waals surface area contributed by atoms with E-state index in [1.54, 1.807) is 0 Å². The Balaban J connectivity index is 1.67. The summed E-state index contributed by atoms with van der Waals surface area (Å²) in [4.78, 5) is 29.3. The van der Waals surface area contributed by atoms with Gasteiger partial charge in [0, 0.05) is 16.5 Å². The maximum atomic E-state index is 14.1. The predicted molar refractivity (Wildman–Crippen MR) is 135 cm³/mol. The molecular formula is C30H22N2O2. The van der Waals surface area contributed by atoms with Crippen LogP contribution in [0.3, 0.4) is 0 Å². The van der Waals surface area contributed by atoms with Crippen molar-refractivity contribution in [2.75, 3.05) is 4.90 Å². The number of imide groups is 1. The largest absolute Gasteiger partial charge is 0.308 e. The molecule has 0 N–H and O–H groups in total. The molecule has 1 aliphatic carbocycles. The normalized spacial score (nSPS) is 15.2. The smallest absolute Gasteiger partial charge is 0.268 e. The molecule has 0 radical (unpaired) electrons. The van der Waals surface area contributed by atoms with Crippen LogP contribution in [0.1, 0.15) is 44.7 Å². The number of carbonyl (C=O) groups is 2. The van der Waals surface area contributed by atoms with Crippen LogP contribution in [0.5, 0.6) is 0 Å². The summed E-state index contributed by atoms with van der Waals surface area (Å²) in [6.07, 6.45) is 3.89. The first-order chi connectivity index (χ1) is 16.8. The molecule has 0 saturated heterocycles. The van der Waals surface area contributed by atoms with Crippen LogP contribution in [0.2, 0.25) is 0 Å². The molecule has 0 spiro atoms. The molecule has 4 heteroatoms. The average Bonchev–Trinajstić information content (AvgIpc) is 3.37. The second-order valence-electron chi connectivity index (χ2n) is 9.11. The summed E-state index contributed by atoms with van der Waals surface area (Å²) >= 11 is 0. The maximum absolute atomic E-state index is 14.1. The van der Waals surface area contributed by atoms with E-state index in [0.717, 1.165) is 58.7 Å². The van der Waals surface area contributed by atoms with Crippen LogP contribution >= 0.6 is 0 Å². The predicted octanol–water partition coefficient (Wildman–Crippen LogP) is 6.46. The van der Waals surface area contributed by atoms with Crippen LogP contribution in [0.15, 0.2) is 84.9 Å². The number of nitrogens with zero attached hydrogens (tertiary/aromatic N) is 2. The van der Waals surface area contributed by atoms with E-state index < -0.39 is 0 Å². The highest BCUT2D eigenvalue weighted by Gasteiger charge is 2.43. The molecule has 34 heavy (non-hydrogen) atoms. The number of aromatic nitrogens is 1. The van der Waals surface area contributed by atoms with Crippen LogP contribution in [0.4, 0.5) is 5.69 Å². The van der Waals surface area contributed by atoms with E-state index in [2.05, 4.69) is 34.9 Å². The van der Waals surface area contributed by atoms with Crippen LogP contribution in [0, 0.1) is 0 Å². The fourth-order valence-electron chi connectivity index (χ4n) is 5.93. The highest BCUT2D eigenvalue weighted by atomic mass is 16.2. The SMILES string of the molecule is O=C1c2c3c(c4c5ccccc5n(-c5ccccc5)c4c2C(=O)N1c1ccccc1)CCCC3. The van der Waals surface area contributed by atoms with E-state index in [9.17, 15) is 9.59 Å². The Bertz CT molecular complexity index is 1630. The molecular weight excluding hydrogens is 420 g/mol. The molecule has 0 atom stereocenters. The molecule has 1 aliphatic heterocycles. The van der Waals surface area contributed by atoms with Gasteiger partial charge in [0.15, 0.2) is 0 Å². The molecule has 2 amide bonds. The van der Waals surface area contributed by atoms with E-state index in [-0.39, 0.29) is 11.8 Å². The van der Waals surface area contributed by atoms with Gasteiger partial charge in [-0.25, -0.2) is 4.90 Å². The molecule has 0 saturated carbocycles. The van der Waals surface area contributed by atoms with Crippen LogP contribution in [0.25, 0.3) is 27.5 Å². The van der Waals surface area contributed by atoms with Crippen molar-refractivity contribution >= 4 is 39.3 Å². The van der Waals surface area contributed by atoms with E-state index in [1.807, 2.05) is 54.6 Å². The van der Waals surface area contributed by atoms with Crippen LogP contribution in [-0.2, 0) is 12.8 Å². The molecule has 5 aromatic rings. The van der Waals surface area contributed by atoms with E-state index in [1.165, 1.54) is 10.5 Å². The maximum Gasteiger partial charge on any atom is 0.268 e. The number of aryl methyl sites for hydroxylation is 1. The van der Waals surface area contributed by atoms with Crippen molar-refractivity contribution in [2.24, 2.45) is 0 Å². The number of anilines is 1. The van der Waals surface area contributed by atoms with Gasteiger partial charge >= 0.3 is 0 Å². The molecule has 4 nitrogen and oxygen atoms in total. The van der Waals surface area contributed by atoms with Gasteiger partial charge < -0.3 is 4.57 Å². The number of hydrogen-bond donors (Lipinski definition) is 0. The van der Waals surface area contributed by atoms with Gasteiger partial charge in [0.1, 0.15) is 0 Å². The first kappa shape index (κ1) is 19.3. The van der Waals surface area contributed by atoms with Crippen molar-refractivity contribution in [3.63, 3.8) is 0 Å². The van der Waals surface area contributed by atoms with Crippen molar-refractivity contribution in [2.45, 2.75) is 25.7 Å². The minimum Gasteiger partial charge on any atom is -0.308 e. The Morgan fingerprint density at radius 2 is 1.18 bits per heavy atom. The standard InChI is InChI=1S/C30H22N2O2/c33-29-26-22-16-8-7-15-21(22)25-23-17-9-10-18-24(23)31(19-11-3-1-4-12-19)28(25)27(26)30(34)32(29)20-13-5-2-6-14-20/h1-6,9-14,17-18H,7-8,15-16H2. The molecule has 0 bridgehead atoms. The van der Waals surface area contributed by atoms with Crippen molar-refractivity contribution in [1.82, 2.24) is 4.57 Å². The van der Waals surface area contributed by atoms with E-state index in [4.69, 9.17) is 0 Å². The number of amides is 2. The fourth-order valence-corrected chi connectivity index (χ4v) is 5.93. The molecule has 1 aromatic heterocycles. The quantitative estimate of drug-likeness (QED) is 0.294. The van der Waals surface area contributed by atoms with E-state index >= 15 is 0 Å². The zero-order valence-electron chi connectivity index (χ0n) is 18.6. The molecule has 7 rings (SSSR count). The second kappa shape index (κ2) is 7.16. The Hall–Kier alpha value is -4.18. The third kappa shape index (κ3) is 2.48. The van der Waals surface area contributed by atoms with Gasteiger partial charge in [-0.3, -0.25) is 9.59 Å². The Morgan fingerprint density at radius 3 is 1.91 bits per heavy atom. The molecule has 2 aliphatic rings. The van der Waals surface area contributed by atoms with Crippen LogP contribution < -0.4 is 4.90 Å². The second-order valence-corrected chi connectivity index (χ2v) is 9.11. The third-order valence-electron chi connectivity index (χ3n) is 7.30. The summed E-state index contributed by atoms with van der Waals surface area (Å²) in [5.74, 6) is -0.430. The highest BCUT2D eigenvalue weighted by molar-refractivity contribution is 6.39. The Morgan fingerprint density at radius 1 is 0.588 bits per heavy atom. The number of para-hydroxylation sites is 3. The van der Waals surface area contributed by atoms with Crippen molar-refractivity contribution in [3.8, 4) is 5.69 Å². The first-order valence-corrected chi connectivity index (χ1v) is 11.9. The average molecular weight is 443 g/mol. The number of fused-ring (bicyclic) bond motifs is 8. The minimum atomic E-state index is -0.232. The number of benzene rings is 4. The summed E-state index contributed by atoms with van der Waals surface area (Å²) in [5, 5.41) is 2.27. The lowest BCUT2D eigenvalue weighted by Crippen LogP contribution is -2.29. The minimum absolute atomic E-state index is 0.198. The van der Waals surface area contributed by atoms with E-state index in [0.29, 0.717) is 16.8 Å². The third-order valence-corrected chi connectivity index (χ3v) is 7.30. The monoisotopic (exact) mass is 442 g/mol. The summed E-state index contributed by atoms with van der Waals surface area (Å²) < 4.78 is 2.18. The zero-order chi connectivity index (χ0) is 22.8. The Labute approximate surface area is 197 Å². The number of carbonyl (C=O) groups excluding carboxylic acids is 2. The number of rotatable bonds is 2. The molecule has 0 fully saturated rings. The lowest BCUT2D eigenvalue weighted by atomic mass is 9.83. The topological polar surface area (TPSA) is 42.3 Å². The first-order valence-electron chi connectivity index (χ1n) is 11.9. The highest BCUT2D eigenvalue weighted by Crippen LogP contribution is 2.45. The summed E-state index contributed by atoms with van der Waals surface area (Å²) in [7, 11) is 0. The van der Waals surface area contributed by atoms with Crippen LogP contribution in [-0.4, -0.2) is 16.4 Å². The lowest BCUT2D eigenvalue weighted by molar-refractivity contribution is 0.0926. The Kier molecular flexibility index (Phi) is 4.06. The van der Waals surface area contributed by atoms with Gasteiger partial charge in [-0.2, -0.15) is 0 Å². The summed E-state index contributed by atoms with van der Waals surface area (Å²) in [6, 6.07) is 27.8. The lowest BCUT2D eigenvalue weighted by Gasteiger charge is -2.20. The van der Waals surface area contributed by atoms with Crippen molar-refractivity contribution in [1.29, 1.82) is 0 Å². The fraction of sp³-hybridized carbons (Fsp3) is 0.133. The summed E-state index contributed by atoms with van der Waals surface area (Å²) in [6.45, 7) is 0. The van der Waals surface area contributed by atoms with Gasteiger partial charge in [0.2, 0.25) is 0 Å². The van der Waals surface area contributed by atoms with Gasteiger partial charge in [0.25, 0.3) is 11.8 Å². The molecule has 4 aromatic carbocycles. The van der Waals surface area contributed by atoms with Gasteiger partial charge in [-0.1, -0.05) is 54.6 Å². The van der Waals surface area contributed by atoms with Crippen molar-refractivity contribution in [3.05, 3.63) is 107 Å². The summed E-state index contributed by atoms with van der Waals surface area (Å²) in [5.41, 5.74) is 6.99. The zero-order valence-corrected chi connectivity index (χ0v) is 18.6. The molecule has 0 unspecified atom stereocenters. The van der Waals surface area contributed by atoms with Gasteiger partial charge in [-0.05, 0) is 67.1 Å². The number of hydrogen-bond acceptors (Lipinski definition) is 2. The van der Waals surface area contributed by atoms with Crippen molar-refractivity contribution < 1.29 is 9.59 Å². The molecule has 2 heterocycles. The molecule has 164 valence electrons.